The number of hydrogen-bond acceptors (Lipinski definition) is 5. The molecule has 1 aliphatic rings. The second-order valence-corrected chi connectivity index (χ2v) is 4.18. The third-order valence-corrected chi connectivity index (χ3v) is 2.56. The van der Waals surface area contributed by atoms with Crippen LogP contribution in [0.3, 0.4) is 0 Å². The van der Waals surface area contributed by atoms with Gasteiger partial charge in [0.1, 0.15) is 6.42 Å². The second-order valence-electron chi connectivity index (χ2n) is 4.18. The largest absolute Gasteiger partial charge is 0.454 e. The van der Waals surface area contributed by atoms with Crippen LogP contribution in [0.15, 0.2) is 36.0 Å². The maximum atomic E-state index is 11.4. The van der Waals surface area contributed by atoms with E-state index in [1.807, 2.05) is 0 Å². The van der Waals surface area contributed by atoms with E-state index in [-0.39, 0.29) is 19.1 Å². The van der Waals surface area contributed by atoms with Gasteiger partial charge >= 0.3 is 0 Å². The first-order valence-electron chi connectivity index (χ1n) is 6.28. The summed E-state index contributed by atoms with van der Waals surface area (Å²) in [7, 11) is 0. The minimum Gasteiger partial charge on any atom is -0.454 e. The zero-order valence-corrected chi connectivity index (χ0v) is 11.3. The Balaban J connectivity index is 1.80. The predicted molar refractivity (Wildman–Crippen MR) is 76.1 cm³/mol. The molecule has 2 rings (SSSR count). The first-order chi connectivity index (χ1) is 10.2. The molecular formula is C14H15N3O4. The lowest BCUT2D eigenvalue weighted by Gasteiger charge is -2.01. The van der Waals surface area contributed by atoms with Crippen LogP contribution in [0.2, 0.25) is 0 Å². The van der Waals surface area contributed by atoms with Crippen molar-refractivity contribution >= 4 is 18.0 Å². The first-order valence-corrected chi connectivity index (χ1v) is 6.28. The summed E-state index contributed by atoms with van der Waals surface area (Å²) < 4.78 is 10.4. The standard InChI is InChI=1S/C14H15N3O4/c1-2-5-15-13(18)7-14(19)17-16-8-10-3-4-11-12(6-10)21-9-20-11/h2-4,6,8H,1,5,7,9H2,(H,15,18)(H,17,19)/b16-8+. The van der Waals surface area contributed by atoms with Gasteiger partial charge in [-0.1, -0.05) is 6.08 Å². The molecule has 2 amide bonds. The van der Waals surface area contributed by atoms with Gasteiger partial charge in [-0.3, -0.25) is 9.59 Å². The van der Waals surface area contributed by atoms with E-state index < -0.39 is 5.91 Å². The fourth-order valence-corrected chi connectivity index (χ4v) is 1.61. The molecule has 1 aliphatic heterocycles. The van der Waals surface area contributed by atoms with Gasteiger partial charge in [0.05, 0.1) is 6.21 Å². The number of benzene rings is 1. The average molecular weight is 289 g/mol. The van der Waals surface area contributed by atoms with Gasteiger partial charge in [0, 0.05) is 6.54 Å². The van der Waals surface area contributed by atoms with Crippen LogP contribution in [0.25, 0.3) is 0 Å². The number of hydrazone groups is 1. The molecule has 0 fully saturated rings. The third-order valence-electron chi connectivity index (χ3n) is 2.56. The van der Waals surface area contributed by atoms with Gasteiger partial charge in [-0.25, -0.2) is 5.43 Å². The fraction of sp³-hybridized carbons (Fsp3) is 0.214. The van der Waals surface area contributed by atoms with Crippen molar-refractivity contribution in [2.45, 2.75) is 6.42 Å². The van der Waals surface area contributed by atoms with E-state index in [0.717, 1.165) is 5.56 Å². The van der Waals surface area contributed by atoms with Crippen LogP contribution in [0.5, 0.6) is 11.5 Å². The number of fused-ring (bicyclic) bond motifs is 1. The fourth-order valence-electron chi connectivity index (χ4n) is 1.61. The van der Waals surface area contributed by atoms with Crippen molar-refractivity contribution in [2.75, 3.05) is 13.3 Å². The lowest BCUT2D eigenvalue weighted by Crippen LogP contribution is -2.29. The van der Waals surface area contributed by atoms with Gasteiger partial charge < -0.3 is 14.8 Å². The lowest BCUT2D eigenvalue weighted by atomic mass is 10.2. The van der Waals surface area contributed by atoms with E-state index in [4.69, 9.17) is 9.47 Å². The van der Waals surface area contributed by atoms with E-state index in [1.54, 1.807) is 18.2 Å². The molecule has 2 N–H and O–H groups in total. The Hall–Kier alpha value is -2.83. The Morgan fingerprint density at radius 2 is 2.10 bits per heavy atom. The number of nitrogens with zero attached hydrogens (tertiary/aromatic N) is 1. The van der Waals surface area contributed by atoms with Crippen molar-refractivity contribution in [3.63, 3.8) is 0 Å². The smallest absolute Gasteiger partial charge is 0.249 e. The summed E-state index contributed by atoms with van der Waals surface area (Å²) in [5.74, 6) is 0.434. The maximum absolute atomic E-state index is 11.4. The molecule has 21 heavy (non-hydrogen) atoms. The SMILES string of the molecule is C=CCNC(=O)CC(=O)N/N=C/c1ccc2c(c1)OCO2. The highest BCUT2D eigenvalue weighted by atomic mass is 16.7. The molecule has 1 aromatic carbocycles. The highest BCUT2D eigenvalue weighted by Crippen LogP contribution is 2.31. The molecule has 0 saturated carbocycles. The van der Waals surface area contributed by atoms with Crippen LogP contribution >= 0.6 is 0 Å². The summed E-state index contributed by atoms with van der Waals surface area (Å²) in [6.45, 7) is 3.99. The van der Waals surface area contributed by atoms with Crippen LogP contribution in [0, 0.1) is 0 Å². The number of carbonyl (C=O) groups excluding carboxylic acids is 2. The van der Waals surface area contributed by atoms with Crippen molar-refractivity contribution in [3.05, 3.63) is 36.4 Å². The Labute approximate surface area is 121 Å². The Bertz CT molecular complexity index is 584. The zero-order chi connectivity index (χ0) is 15.1. The number of amides is 2. The molecule has 0 radical (unpaired) electrons. The molecule has 1 heterocycles. The van der Waals surface area contributed by atoms with Crippen molar-refractivity contribution in [2.24, 2.45) is 5.10 Å². The minimum absolute atomic E-state index is 0.201. The molecule has 0 saturated heterocycles. The van der Waals surface area contributed by atoms with Crippen LogP contribution in [0.1, 0.15) is 12.0 Å². The lowest BCUT2D eigenvalue weighted by molar-refractivity contribution is -0.129. The number of carbonyl (C=O) groups is 2. The Morgan fingerprint density at radius 3 is 2.90 bits per heavy atom. The summed E-state index contributed by atoms with van der Waals surface area (Å²) in [5.41, 5.74) is 3.02. The highest BCUT2D eigenvalue weighted by molar-refractivity contribution is 5.97. The highest BCUT2D eigenvalue weighted by Gasteiger charge is 2.12. The van der Waals surface area contributed by atoms with Crippen LogP contribution < -0.4 is 20.2 Å². The van der Waals surface area contributed by atoms with E-state index in [1.165, 1.54) is 12.3 Å². The van der Waals surface area contributed by atoms with Gasteiger partial charge in [0.15, 0.2) is 11.5 Å². The molecule has 0 atom stereocenters. The summed E-state index contributed by atoms with van der Waals surface area (Å²) >= 11 is 0. The Morgan fingerprint density at radius 1 is 1.29 bits per heavy atom. The molecular weight excluding hydrogens is 274 g/mol. The van der Waals surface area contributed by atoms with Crippen molar-refractivity contribution in [1.82, 2.24) is 10.7 Å². The monoisotopic (exact) mass is 289 g/mol. The second kappa shape index (κ2) is 7.09. The first kappa shape index (κ1) is 14.6. The van der Waals surface area contributed by atoms with Crippen LogP contribution in [-0.2, 0) is 9.59 Å². The topological polar surface area (TPSA) is 89.0 Å². The molecule has 1 aromatic rings. The molecule has 0 unspecified atom stereocenters. The predicted octanol–water partition coefficient (Wildman–Crippen LogP) is 0.558. The molecule has 0 bridgehead atoms. The maximum Gasteiger partial charge on any atom is 0.249 e. The molecule has 7 heteroatoms. The number of hydrogen-bond donors (Lipinski definition) is 2. The number of ether oxygens (including phenoxy) is 2. The van der Waals surface area contributed by atoms with Crippen molar-refractivity contribution in [1.29, 1.82) is 0 Å². The quantitative estimate of drug-likeness (QED) is 0.346. The minimum atomic E-state index is -0.492. The van der Waals surface area contributed by atoms with Gasteiger partial charge in [-0.05, 0) is 23.8 Å². The van der Waals surface area contributed by atoms with Crippen molar-refractivity contribution in [3.8, 4) is 11.5 Å². The third kappa shape index (κ3) is 4.34. The number of nitrogens with one attached hydrogen (secondary N) is 2. The summed E-state index contributed by atoms with van der Waals surface area (Å²) in [5, 5.41) is 6.28. The molecule has 0 spiro atoms. The molecule has 0 aliphatic carbocycles. The van der Waals surface area contributed by atoms with E-state index in [0.29, 0.717) is 18.0 Å². The van der Waals surface area contributed by atoms with Gasteiger partial charge in [-0.15, -0.1) is 6.58 Å². The Kier molecular flexibility index (Phi) is 4.92. The molecule has 110 valence electrons. The molecule has 7 nitrogen and oxygen atoms in total. The van der Waals surface area contributed by atoms with Crippen LogP contribution in [0.4, 0.5) is 0 Å². The summed E-state index contributed by atoms with van der Waals surface area (Å²) in [4.78, 5) is 22.7. The number of rotatable bonds is 6. The van der Waals surface area contributed by atoms with Crippen molar-refractivity contribution < 1.29 is 19.1 Å². The van der Waals surface area contributed by atoms with E-state index in [2.05, 4.69) is 22.4 Å². The zero-order valence-electron chi connectivity index (χ0n) is 11.3. The summed E-state index contributed by atoms with van der Waals surface area (Å²) in [6, 6.07) is 5.28. The molecule has 0 aromatic heterocycles. The van der Waals surface area contributed by atoms with E-state index >= 15 is 0 Å². The van der Waals surface area contributed by atoms with Gasteiger partial charge in [0.2, 0.25) is 18.6 Å². The van der Waals surface area contributed by atoms with Gasteiger partial charge in [0.25, 0.3) is 0 Å². The normalized spacial score (nSPS) is 12.2. The van der Waals surface area contributed by atoms with Gasteiger partial charge in [-0.2, -0.15) is 5.10 Å². The summed E-state index contributed by atoms with van der Waals surface area (Å²) in [6.07, 6.45) is 2.71. The van der Waals surface area contributed by atoms with Crippen LogP contribution in [-0.4, -0.2) is 31.4 Å². The van der Waals surface area contributed by atoms with E-state index in [9.17, 15) is 9.59 Å². The average Bonchev–Trinajstić information content (AvgIpc) is 2.92.